The molecule has 0 amide bonds. The molecule has 1 unspecified atom stereocenters. The summed E-state index contributed by atoms with van der Waals surface area (Å²) in [5.74, 6) is 0.786. The Bertz CT molecular complexity index is 502. The van der Waals surface area contributed by atoms with Crippen molar-refractivity contribution in [2.75, 3.05) is 0 Å². The number of hydrogen-bond acceptors (Lipinski definition) is 2. The van der Waals surface area contributed by atoms with Crippen LogP contribution in [-0.4, -0.2) is 14.7 Å². The van der Waals surface area contributed by atoms with Crippen molar-refractivity contribution in [2.24, 2.45) is 0 Å². The predicted molar refractivity (Wildman–Crippen MR) is 77.0 cm³/mol. The van der Waals surface area contributed by atoms with Gasteiger partial charge in [0.15, 0.2) is 0 Å². The molecule has 0 aliphatic carbocycles. The molecule has 0 saturated carbocycles. The van der Waals surface area contributed by atoms with E-state index in [4.69, 9.17) is 0 Å². The molecule has 2 aromatic rings. The average Bonchev–Trinajstić information content (AvgIpc) is 2.86. The summed E-state index contributed by atoms with van der Waals surface area (Å²) in [7, 11) is 0. The Hall–Kier alpha value is -1.61. The highest BCUT2D eigenvalue weighted by atomic mass is 16.3. The molecule has 102 valence electrons. The van der Waals surface area contributed by atoms with Crippen LogP contribution >= 0.6 is 0 Å². The van der Waals surface area contributed by atoms with E-state index < -0.39 is 6.10 Å². The predicted octanol–water partition coefficient (Wildman–Crippen LogP) is 3.27. The van der Waals surface area contributed by atoms with E-state index in [9.17, 15) is 5.11 Å². The lowest BCUT2D eigenvalue weighted by atomic mass is 10.1. The van der Waals surface area contributed by atoms with Gasteiger partial charge in [0.1, 0.15) is 11.9 Å². The van der Waals surface area contributed by atoms with Gasteiger partial charge in [0.25, 0.3) is 0 Å². The van der Waals surface area contributed by atoms with E-state index in [0.29, 0.717) is 6.42 Å². The fraction of sp³-hybridized carbons (Fsp3) is 0.438. The summed E-state index contributed by atoms with van der Waals surface area (Å²) in [6.45, 7) is 5.12. The molecule has 0 fully saturated rings. The van der Waals surface area contributed by atoms with Gasteiger partial charge in [0.2, 0.25) is 0 Å². The molecule has 1 N–H and O–H groups in total. The van der Waals surface area contributed by atoms with Crippen molar-refractivity contribution in [1.82, 2.24) is 9.55 Å². The third kappa shape index (κ3) is 3.67. The van der Waals surface area contributed by atoms with E-state index >= 15 is 0 Å². The molecule has 1 aromatic heterocycles. The second-order valence-electron chi connectivity index (χ2n) is 5.02. The molecule has 1 heterocycles. The van der Waals surface area contributed by atoms with E-state index in [2.05, 4.69) is 43.1 Å². The standard InChI is InChI=1S/C16H22N2O/c1-3-11-18-12-10-17-16(18)15(19)9-8-14-6-4-13(2)5-7-14/h4-7,10,12,15,19H,3,8-9,11H2,1-2H3. The quantitative estimate of drug-likeness (QED) is 0.863. The fourth-order valence-electron chi connectivity index (χ4n) is 2.24. The van der Waals surface area contributed by atoms with Crippen molar-refractivity contribution in [1.29, 1.82) is 0 Å². The molecule has 0 aliphatic rings. The van der Waals surface area contributed by atoms with Gasteiger partial charge < -0.3 is 9.67 Å². The van der Waals surface area contributed by atoms with Gasteiger partial charge in [0, 0.05) is 18.9 Å². The van der Waals surface area contributed by atoms with Gasteiger partial charge in [-0.25, -0.2) is 4.98 Å². The number of nitrogens with zero attached hydrogens (tertiary/aromatic N) is 2. The highest BCUT2D eigenvalue weighted by Crippen LogP contribution is 2.18. The van der Waals surface area contributed by atoms with Crippen molar-refractivity contribution < 1.29 is 5.11 Å². The van der Waals surface area contributed by atoms with E-state index in [0.717, 1.165) is 25.2 Å². The number of imidazole rings is 1. The molecular formula is C16H22N2O. The van der Waals surface area contributed by atoms with Crippen LogP contribution in [0.25, 0.3) is 0 Å². The Labute approximate surface area is 114 Å². The monoisotopic (exact) mass is 258 g/mol. The summed E-state index contributed by atoms with van der Waals surface area (Å²) in [5.41, 5.74) is 2.53. The van der Waals surface area contributed by atoms with Crippen LogP contribution in [0.5, 0.6) is 0 Å². The van der Waals surface area contributed by atoms with Crippen LogP contribution in [0.15, 0.2) is 36.7 Å². The third-order valence-electron chi connectivity index (χ3n) is 3.34. The van der Waals surface area contributed by atoms with Crippen molar-refractivity contribution in [3.8, 4) is 0 Å². The van der Waals surface area contributed by atoms with Crippen LogP contribution in [0, 0.1) is 6.92 Å². The first kappa shape index (κ1) is 13.8. The van der Waals surface area contributed by atoms with Gasteiger partial charge in [-0.3, -0.25) is 0 Å². The second kappa shape index (κ2) is 6.53. The molecule has 3 nitrogen and oxygen atoms in total. The summed E-state index contributed by atoms with van der Waals surface area (Å²) in [6, 6.07) is 8.47. The van der Waals surface area contributed by atoms with Crippen LogP contribution in [0.3, 0.4) is 0 Å². The summed E-state index contributed by atoms with van der Waals surface area (Å²) in [5, 5.41) is 10.2. The fourth-order valence-corrected chi connectivity index (χ4v) is 2.24. The Kier molecular flexibility index (Phi) is 4.74. The zero-order valence-corrected chi connectivity index (χ0v) is 11.7. The lowest BCUT2D eigenvalue weighted by Crippen LogP contribution is -2.09. The number of aromatic nitrogens is 2. The third-order valence-corrected chi connectivity index (χ3v) is 3.34. The van der Waals surface area contributed by atoms with Gasteiger partial charge in [-0.05, 0) is 31.7 Å². The van der Waals surface area contributed by atoms with Crippen LogP contribution in [-0.2, 0) is 13.0 Å². The molecule has 1 atom stereocenters. The number of aliphatic hydroxyl groups excluding tert-OH is 1. The zero-order chi connectivity index (χ0) is 13.7. The van der Waals surface area contributed by atoms with Crippen molar-refractivity contribution in [3.05, 3.63) is 53.6 Å². The Morgan fingerprint density at radius 2 is 2.00 bits per heavy atom. The normalized spacial score (nSPS) is 12.6. The number of aryl methyl sites for hydroxylation is 3. The Morgan fingerprint density at radius 1 is 1.26 bits per heavy atom. The number of benzene rings is 1. The Balaban J connectivity index is 1.95. The van der Waals surface area contributed by atoms with Gasteiger partial charge in [0.05, 0.1) is 0 Å². The van der Waals surface area contributed by atoms with Crippen molar-refractivity contribution in [2.45, 2.75) is 45.8 Å². The van der Waals surface area contributed by atoms with E-state index in [1.54, 1.807) is 6.20 Å². The first-order valence-electron chi connectivity index (χ1n) is 6.95. The lowest BCUT2D eigenvalue weighted by molar-refractivity contribution is 0.153. The van der Waals surface area contributed by atoms with Gasteiger partial charge in [-0.1, -0.05) is 36.8 Å². The van der Waals surface area contributed by atoms with Crippen LogP contribution in [0.1, 0.15) is 42.8 Å². The SMILES string of the molecule is CCCn1ccnc1C(O)CCc1ccc(C)cc1. The molecule has 0 radical (unpaired) electrons. The highest BCUT2D eigenvalue weighted by molar-refractivity contribution is 5.21. The van der Waals surface area contributed by atoms with Gasteiger partial charge in [-0.15, -0.1) is 0 Å². The lowest BCUT2D eigenvalue weighted by Gasteiger charge is -2.12. The summed E-state index contributed by atoms with van der Waals surface area (Å²) >= 11 is 0. The van der Waals surface area contributed by atoms with Crippen LogP contribution in [0.4, 0.5) is 0 Å². The minimum absolute atomic E-state index is 0.483. The topological polar surface area (TPSA) is 38.0 Å². The summed E-state index contributed by atoms with van der Waals surface area (Å²) in [4.78, 5) is 4.27. The molecule has 2 rings (SSSR count). The maximum atomic E-state index is 10.2. The first-order valence-corrected chi connectivity index (χ1v) is 6.95. The smallest absolute Gasteiger partial charge is 0.137 e. The van der Waals surface area contributed by atoms with E-state index in [-0.39, 0.29) is 0 Å². The maximum absolute atomic E-state index is 10.2. The Morgan fingerprint density at radius 3 is 2.68 bits per heavy atom. The van der Waals surface area contributed by atoms with Crippen LogP contribution in [0.2, 0.25) is 0 Å². The maximum Gasteiger partial charge on any atom is 0.137 e. The van der Waals surface area contributed by atoms with Crippen molar-refractivity contribution in [3.63, 3.8) is 0 Å². The second-order valence-corrected chi connectivity index (χ2v) is 5.02. The largest absolute Gasteiger partial charge is 0.385 e. The molecule has 3 heteroatoms. The van der Waals surface area contributed by atoms with E-state index in [1.165, 1.54) is 11.1 Å². The van der Waals surface area contributed by atoms with Gasteiger partial charge >= 0.3 is 0 Å². The minimum atomic E-state index is -0.483. The number of rotatable bonds is 6. The van der Waals surface area contributed by atoms with E-state index in [1.807, 2.05) is 10.8 Å². The molecule has 0 saturated heterocycles. The summed E-state index contributed by atoms with van der Waals surface area (Å²) in [6.07, 6.45) is 5.86. The average molecular weight is 258 g/mol. The molecule has 0 spiro atoms. The van der Waals surface area contributed by atoms with Crippen molar-refractivity contribution >= 4 is 0 Å². The molecule has 1 aromatic carbocycles. The number of hydrogen-bond donors (Lipinski definition) is 1. The summed E-state index contributed by atoms with van der Waals surface area (Å²) < 4.78 is 2.04. The molecular weight excluding hydrogens is 236 g/mol. The van der Waals surface area contributed by atoms with Gasteiger partial charge in [-0.2, -0.15) is 0 Å². The zero-order valence-electron chi connectivity index (χ0n) is 11.7. The highest BCUT2D eigenvalue weighted by Gasteiger charge is 2.13. The molecule has 19 heavy (non-hydrogen) atoms. The minimum Gasteiger partial charge on any atom is -0.385 e. The van der Waals surface area contributed by atoms with Crippen LogP contribution < -0.4 is 0 Å². The molecule has 0 bridgehead atoms. The molecule has 0 aliphatic heterocycles. The number of aliphatic hydroxyl groups is 1. The first-order chi connectivity index (χ1) is 9.20.